The van der Waals surface area contributed by atoms with Crippen LogP contribution in [0.15, 0.2) is 24.3 Å². The molecule has 0 radical (unpaired) electrons. The fourth-order valence-corrected chi connectivity index (χ4v) is 3.27. The number of nitrogens with zero attached hydrogens (tertiary/aromatic N) is 1. The number of rotatable bonds is 5. The van der Waals surface area contributed by atoms with Crippen LogP contribution in [-0.2, 0) is 4.79 Å². The van der Waals surface area contributed by atoms with Crippen molar-refractivity contribution >= 4 is 5.97 Å². The highest BCUT2D eigenvalue weighted by Crippen LogP contribution is 2.30. The molecule has 0 aromatic heterocycles. The van der Waals surface area contributed by atoms with Crippen LogP contribution in [0.25, 0.3) is 0 Å². The fourth-order valence-electron chi connectivity index (χ4n) is 3.27. The molecule has 1 heterocycles. The lowest BCUT2D eigenvalue weighted by Gasteiger charge is -2.36. The van der Waals surface area contributed by atoms with Crippen molar-refractivity contribution in [1.82, 2.24) is 4.90 Å². The van der Waals surface area contributed by atoms with Crippen LogP contribution in [0.1, 0.15) is 63.1 Å². The first-order valence-electron chi connectivity index (χ1n) is 8.09. The topological polar surface area (TPSA) is 40.5 Å². The van der Waals surface area contributed by atoms with Gasteiger partial charge in [0.25, 0.3) is 0 Å². The van der Waals surface area contributed by atoms with Crippen LogP contribution in [0.4, 0.5) is 0 Å². The summed E-state index contributed by atoms with van der Waals surface area (Å²) in [6.07, 6.45) is 2.62. The molecule has 2 rings (SSSR count). The quantitative estimate of drug-likeness (QED) is 0.888. The van der Waals surface area contributed by atoms with E-state index < -0.39 is 5.97 Å². The number of carboxylic acid groups (broad SMARTS) is 1. The zero-order valence-corrected chi connectivity index (χ0v) is 13.4. The van der Waals surface area contributed by atoms with E-state index in [1.165, 1.54) is 11.1 Å². The van der Waals surface area contributed by atoms with Crippen LogP contribution >= 0.6 is 0 Å². The molecule has 3 nitrogen and oxygen atoms in total. The van der Waals surface area contributed by atoms with Gasteiger partial charge in [0.05, 0.1) is 5.92 Å². The highest BCUT2D eigenvalue weighted by Gasteiger charge is 2.28. The molecule has 21 heavy (non-hydrogen) atoms. The van der Waals surface area contributed by atoms with Crippen LogP contribution in [0.3, 0.4) is 0 Å². The van der Waals surface area contributed by atoms with Gasteiger partial charge >= 0.3 is 5.97 Å². The van der Waals surface area contributed by atoms with Gasteiger partial charge in [-0.25, -0.2) is 0 Å². The monoisotopic (exact) mass is 289 g/mol. The van der Waals surface area contributed by atoms with Crippen LogP contribution in [-0.4, -0.2) is 29.1 Å². The maximum atomic E-state index is 11.1. The standard InChI is InChI=1S/C18H27NO2/c1-4-17(15-7-5-14(6-8-15)13(2)3)19-11-9-16(10-12-19)18(20)21/h5-8,13,16-17H,4,9-12H2,1-3H3,(H,20,21). The number of hydrogen-bond acceptors (Lipinski definition) is 2. The van der Waals surface area contributed by atoms with Crippen molar-refractivity contribution in [3.05, 3.63) is 35.4 Å². The Hall–Kier alpha value is -1.35. The van der Waals surface area contributed by atoms with Gasteiger partial charge in [0.15, 0.2) is 0 Å². The van der Waals surface area contributed by atoms with Crippen molar-refractivity contribution in [2.45, 2.75) is 52.0 Å². The van der Waals surface area contributed by atoms with E-state index in [2.05, 4.69) is 49.9 Å². The van der Waals surface area contributed by atoms with E-state index in [0.717, 1.165) is 32.4 Å². The largest absolute Gasteiger partial charge is 0.481 e. The number of carboxylic acids is 1. The molecule has 1 unspecified atom stereocenters. The molecule has 1 atom stereocenters. The van der Waals surface area contributed by atoms with Crippen molar-refractivity contribution < 1.29 is 9.90 Å². The number of benzene rings is 1. The predicted octanol–water partition coefficient (Wildman–Crippen LogP) is 4.06. The summed E-state index contributed by atoms with van der Waals surface area (Å²) in [7, 11) is 0. The van der Waals surface area contributed by atoms with Gasteiger partial charge in [0.1, 0.15) is 0 Å². The average Bonchev–Trinajstić information content (AvgIpc) is 2.49. The Kier molecular flexibility index (Phi) is 5.40. The van der Waals surface area contributed by atoms with Crippen LogP contribution in [0.2, 0.25) is 0 Å². The van der Waals surface area contributed by atoms with E-state index in [4.69, 9.17) is 5.11 Å². The summed E-state index contributed by atoms with van der Waals surface area (Å²) >= 11 is 0. The SMILES string of the molecule is CCC(c1ccc(C(C)C)cc1)N1CCC(C(=O)O)CC1. The second-order valence-electron chi connectivity index (χ2n) is 6.39. The lowest BCUT2D eigenvalue weighted by Crippen LogP contribution is -2.38. The molecule has 0 saturated carbocycles. The Morgan fingerprint density at radius 2 is 1.71 bits per heavy atom. The smallest absolute Gasteiger partial charge is 0.306 e. The number of hydrogen-bond donors (Lipinski definition) is 1. The highest BCUT2D eigenvalue weighted by atomic mass is 16.4. The van der Waals surface area contributed by atoms with E-state index in [1.807, 2.05) is 0 Å². The lowest BCUT2D eigenvalue weighted by atomic mass is 9.92. The molecule has 1 aromatic carbocycles. The van der Waals surface area contributed by atoms with Gasteiger partial charge in [0, 0.05) is 6.04 Å². The third kappa shape index (κ3) is 3.85. The average molecular weight is 289 g/mol. The summed E-state index contributed by atoms with van der Waals surface area (Å²) in [5.41, 5.74) is 2.73. The second kappa shape index (κ2) is 7.08. The van der Waals surface area contributed by atoms with Gasteiger partial charge in [-0.1, -0.05) is 45.0 Å². The third-order valence-electron chi connectivity index (χ3n) is 4.69. The zero-order valence-electron chi connectivity index (χ0n) is 13.4. The Bertz CT molecular complexity index is 459. The zero-order chi connectivity index (χ0) is 15.4. The highest BCUT2D eigenvalue weighted by molar-refractivity contribution is 5.70. The van der Waals surface area contributed by atoms with Crippen molar-refractivity contribution in [3.63, 3.8) is 0 Å². The minimum atomic E-state index is -0.635. The fraction of sp³-hybridized carbons (Fsp3) is 0.611. The van der Waals surface area contributed by atoms with Gasteiger partial charge in [0.2, 0.25) is 0 Å². The lowest BCUT2D eigenvalue weighted by molar-refractivity contribution is -0.143. The van der Waals surface area contributed by atoms with E-state index in [1.54, 1.807) is 0 Å². The van der Waals surface area contributed by atoms with Crippen molar-refractivity contribution in [2.75, 3.05) is 13.1 Å². The Balaban J connectivity index is 2.04. The summed E-state index contributed by atoms with van der Waals surface area (Å²) < 4.78 is 0. The summed E-state index contributed by atoms with van der Waals surface area (Å²) in [5, 5.41) is 9.10. The Morgan fingerprint density at radius 1 is 1.19 bits per heavy atom. The first kappa shape index (κ1) is 16.0. The summed E-state index contributed by atoms with van der Waals surface area (Å²) in [4.78, 5) is 13.5. The summed E-state index contributed by atoms with van der Waals surface area (Å²) in [6.45, 7) is 8.42. The number of carbonyl (C=O) groups is 1. The second-order valence-corrected chi connectivity index (χ2v) is 6.39. The molecule has 116 valence electrons. The molecule has 1 aliphatic rings. The van der Waals surface area contributed by atoms with Gasteiger partial charge in [-0.2, -0.15) is 0 Å². The Morgan fingerprint density at radius 3 is 2.14 bits per heavy atom. The maximum Gasteiger partial charge on any atom is 0.306 e. The third-order valence-corrected chi connectivity index (χ3v) is 4.69. The Labute approximate surface area is 128 Å². The van der Waals surface area contributed by atoms with Crippen molar-refractivity contribution in [1.29, 1.82) is 0 Å². The maximum absolute atomic E-state index is 11.1. The van der Waals surface area contributed by atoms with Gasteiger partial charge < -0.3 is 5.11 Å². The molecule has 0 spiro atoms. The summed E-state index contributed by atoms with van der Waals surface area (Å²) in [6, 6.07) is 9.36. The molecule has 1 aromatic rings. The molecule has 0 amide bonds. The molecule has 1 N–H and O–H groups in total. The predicted molar refractivity (Wildman–Crippen MR) is 85.5 cm³/mol. The molecule has 0 aliphatic carbocycles. The molecule has 0 bridgehead atoms. The number of aliphatic carboxylic acids is 1. The van der Waals surface area contributed by atoms with Crippen LogP contribution in [0, 0.1) is 5.92 Å². The minimum Gasteiger partial charge on any atom is -0.481 e. The first-order valence-corrected chi connectivity index (χ1v) is 8.09. The van der Waals surface area contributed by atoms with Crippen molar-refractivity contribution in [2.24, 2.45) is 5.92 Å². The van der Waals surface area contributed by atoms with Crippen molar-refractivity contribution in [3.8, 4) is 0 Å². The minimum absolute atomic E-state index is 0.151. The van der Waals surface area contributed by atoms with Gasteiger partial charge in [-0.05, 0) is 49.4 Å². The summed E-state index contributed by atoms with van der Waals surface area (Å²) in [5.74, 6) is -0.225. The van der Waals surface area contributed by atoms with Crippen LogP contribution in [0.5, 0.6) is 0 Å². The molecule has 1 fully saturated rings. The normalized spacial score (nSPS) is 18.9. The number of likely N-dealkylation sites (tertiary alicyclic amines) is 1. The van der Waals surface area contributed by atoms with E-state index in [9.17, 15) is 4.79 Å². The molecule has 1 aliphatic heterocycles. The van der Waals surface area contributed by atoms with E-state index in [-0.39, 0.29) is 5.92 Å². The van der Waals surface area contributed by atoms with E-state index >= 15 is 0 Å². The molecule has 1 saturated heterocycles. The molecule has 3 heteroatoms. The van der Waals surface area contributed by atoms with Crippen LogP contribution < -0.4 is 0 Å². The van der Waals surface area contributed by atoms with E-state index in [0.29, 0.717) is 12.0 Å². The van der Waals surface area contributed by atoms with Gasteiger partial charge in [-0.3, -0.25) is 9.69 Å². The first-order chi connectivity index (χ1) is 10.0. The molecular weight excluding hydrogens is 262 g/mol. The number of piperidine rings is 1. The molecular formula is C18H27NO2. The van der Waals surface area contributed by atoms with Gasteiger partial charge in [-0.15, -0.1) is 0 Å².